The first kappa shape index (κ1) is 14.3. The zero-order chi connectivity index (χ0) is 13.8. The Morgan fingerprint density at radius 2 is 2.11 bits per heavy atom. The summed E-state index contributed by atoms with van der Waals surface area (Å²) in [7, 11) is 1.54. The van der Waals surface area contributed by atoms with Crippen molar-refractivity contribution in [3.05, 3.63) is 23.8 Å². The molecule has 1 aromatic carbocycles. The van der Waals surface area contributed by atoms with Crippen LogP contribution in [0.25, 0.3) is 0 Å². The van der Waals surface area contributed by atoms with Crippen LogP contribution < -0.4 is 15.2 Å². The van der Waals surface area contributed by atoms with Gasteiger partial charge < -0.3 is 20.3 Å². The molecular weight excluding hydrogens is 234 g/mol. The minimum Gasteiger partial charge on any atom is -0.493 e. The standard InChI is InChI=1S/C13H19NO4/c1-4-9-5-6-10(11(7-9)17-3)18-8-13(2,14)12(15)16/h5-7H,4,8,14H2,1-3H3,(H,15,16). The number of hydrogen-bond acceptors (Lipinski definition) is 4. The van der Waals surface area contributed by atoms with Crippen molar-refractivity contribution in [2.24, 2.45) is 5.73 Å². The van der Waals surface area contributed by atoms with E-state index in [9.17, 15) is 4.79 Å². The monoisotopic (exact) mass is 253 g/mol. The Morgan fingerprint density at radius 3 is 2.61 bits per heavy atom. The number of hydrogen-bond donors (Lipinski definition) is 2. The van der Waals surface area contributed by atoms with Crippen LogP contribution >= 0.6 is 0 Å². The molecule has 1 unspecified atom stereocenters. The first-order chi connectivity index (χ1) is 8.40. The van der Waals surface area contributed by atoms with E-state index in [-0.39, 0.29) is 6.61 Å². The predicted molar refractivity (Wildman–Crippen MR) is 68.1 cm³/mol. The van der Waals surface area contributed by atoms with E-state index in [1.165, 1.54) is 6.92 Å². The summed E-state index contributed by atoms with van der Waals surface area (Å²) in [6.45, 7) is 3.32. The van der Waals surface area contributed by atoms with Crippen LogP contribution in [0.3, 0.4) is 0 Å². The van der Waals surface area contributed by atoms with Gasteiger partial charge in [0, 0.05) is 0 Å². The van der Waals surface area contributed by atoms with Gasteiger partial charge in [-0.3, -0.25) is 4.79 Å². The zero-order valence-electron chi connectivity index (χ0n) is 10.9. The van der Waals surface area contributed by atoms with E-state index >= 15 is 0 Å². The number of benzene rings is 1. The number of carboxylic acids is 1. The third-order valence-corrected chi connectivity index (χ3v) is 2.65. The van der Waals surface area contributed by atoms with Crippen LogP contribution in [0.5, 0.6) is 11.5 Å². The van der Waals surface area contributed by atoms with Gasteiger partial charge in [0.2, 0.25) is 0 Å². The van der Waals surface area contributed by atoms with Crippen molar-refractivity contribution in [1.82, 2.24) is 0 Å². The third-order valence-electron chi connectivity index (χ3n) is 2.65. The second-order valence-corrected chi connectivity index (χ2v) is 4.35. The van der Waals surface area contributed by atoms with Crippen LogP contribution in [0.15, 0.2) is 18.2 Å². The van der Waals surface area contributed by atoms with Crippen LogP contribution in [0.4, 0.5) is 0 Å². The quantitative estimate of drug-likeness (QED) is 0.801. The maximum Gasteiger partial charge on any atom is 0.326 e. The number of carboxylic acid groups (broad SMARTS) is 1. The maximum atomic E-state index is 10.9. The van der Waals surface area contributed by atoms with Gasteiger partial charge in [0.05, 0.1) is 7.11 Å². The van der Waals surface area contributed by atoms with Crippen LogP contribution in [-0.2, 0) is 11.2 Å². The molecule has 0 aliphatic heterocycles. The van der Waals surface area contributed by atoms with Gasteiger partial charge in [-0.05, 0) is 31.0 Å². The van der Waals surface area contributed by atoms with Crippen molar-refractivity contribution in [2.45, 2.75) is 25.8 Å². The first-order valence-corrected chi connectivity index (χ1v) is 5.72. The molecule has 0 radical (unpaired) electrons. The van der Waals surface area contributed by atoms with Crippen LogP contribution in [0, 0.1) is 0 Å². The van der Waals surface area contributed by atoms with E-state index in [1.54, 1.807) is 13.2 Å². The van der Waals surface area contributed by atoms with Crippen molar-refractivity contribution >= 4 is 5.97 Å². The maximum absolute atomic E-state index is 10.9. The summed E-state index contributed by atoms with van der Waals surface area (Å²) < 4.78 is 10.6. The largest absolute Gasteiger partial charge is 0.493 e. The van der Waals surface area contributed by atoms with E-state index in [0.717, 1.165) is 12.0 Å². The van der Waals surface area contributed by atoms with Gasteiger partial charge in [0.1, 0.15) is 12.1 Å². The van der Waals surface area contributed by atoms with Gasteiger partial charge in [-0.25, -0.2) is 0 Å². The Bertz CT molecular complexity index is 429. The lowest BCUT2D eigenvalue weighted by molar-refractivity contribution is -0.143. The summed E-state index contributed by atoms with van der Waals surface area (Å²) in [5, 5.41) is 8.89. The normalized spacial score (nSPS) is 13.8. The molecule has 1 aromatic rings. The van der Waals surface area contributed by atoms with E-state index in [2.05, 4.69) is 0 Å². The second-order valence-electron chi connectivity index (χ2n) is 4.35. The third kappa shape index (κ3) is 3.37. The number of aryl methyl sites for hydroxylation is 1. The van der Waals surface area contributed by atoms with Crippen molar-refractivity contribution in [2.75, 3.05) is 13.7 Å². The number of methoxy groups -OCH3 is 1. The highest BCUT2D eigenvalue weighted by Crippen LogP contribution is 2.28. The number of rotatable bonds is 6. The van der Waals surface area contributed by atoms with E-state index in [4.69, 9.17) is 20.3 Å². The summed E-state index contributed by atoms with van der Waals surface area (Å²) in [4.78, 5) is 10.9. The van der Waals surface area contributed by atoms with E-state index < -0.39 is 11.5 Å². The molecular formula is C13H19NO4. The zero-order valence-corrected chi connectivity index (χ0v) is 10.9. The topological polar surface area (TPSA) is 81.8 Å². The summed E-state index contributed by atoms with van der Waals surface area (Å²) in [5.41, 5.74) is 5.29. The molecule has 1 rings (SSSR count). The molecule has 0 saturated heterocycles. The smallest absolute Gasteiger partial charge is 0.326 e. The van der Waals surface area contributed by atoms with Gasteiger partial charge >= 0.3 is 5.97 Å². The fourth-order valence-electron chi connectivity index (χ4n) is 1.34. The molecule has 5 nitrogen and oxygen atoms in total. The average Bonchev–Trinajstić information content (AvgIpc) is 2.35. The molecule has 0 spiro atoms. The molecule has 3 N–H and O–H groups in total. The van der Waals surface area contributed by atoms with Gasteiger partial charge in [0.25, 0.3) is 0 Å². The summed E-state index contributed by atoms with van der Waals surface area (Å²) in [6, 6.07) is 5.53. The molecule has 5 heteroatoms. The van der Waals surface area contributed by atoms with Crippen molar-refractivity contribution in [1.29, 1.82) is 0 Å². The minimum atomic E-state index is -1.42. The second kappa shape index (κ2) is 5.73. The molecule has 0 fully saturated rings. The number of ether oxygens (including phenoxy) is 2. The van der Waals surface area contributed by atoms with Gasteiger partial charge in [-0.2, -0.15) is 0 Å². The molecule has 0 aliphatic carbocycles. The van der Waals surface area contributed by atoms with Crippen LogP contribution in [0.1, 0.15) is 19.4 Å². The van der Waals surface area contributed by atoms with Crippen molar-refractivity contribution in [3.63, 3.8) is 0 Å². The highest BCUT2D eigenvalue weighted by atomic mass is 16.5. The average molecular weight is 253 g/mol. The van der Waals surface area contributed by atoms with E-state index in [0.29, 0.717) is 11.5 Å². The molecule has 0 heterocycles. The lowest BCUT2D eigenvalue weighted by Gasteiger charge is -2.20. The Kier molecular flexibility index (Phi) is 4.55. The highest BCUT2D eigenvalue weighted by molar-refractivity contribution is 5.78. The molecule has 0 aromatic heterocycles. The number of carbonyl (C=O) groups is 1. The lowest BCUT2D eigenvalue weighted by Crippen LogP contribution is -2.49. The highest BCUT2D eigenvalue weighted by Gasteiger charge is 2.29. The summed E-state index contributed by atoms with van der Waals surface area (Å²) in [5.74, 6) is -0.0326. The molecule has 100 valence electrons. The molecule has 18 heavy (non-hydrogen) atoms. The molecule has 0 aliphatic rings. The molecule has 0 bridgehead atoms. The van der Waals surface area contributed by atoms with Crippen molar-refractivity contribution in [3.8, 4) is 11.5 Å². The Morgan fingerprint density at radius 1 is 1.44 bits per heavy atom. The Labute approximate surface area is 107 Å². The molecule has 1 atom stereocenters. The molecule has 0 amide bonds. The van der Waals surface area contributed by atoms with Crippen LogP contribution in [-0.4, -0.2) is 30.3 Å². The van der Waals surface area contributed by atoms with Gasteiger partial charge in [0.15, 0.2) is 11.5 Å². The predicted octanol–water partition coefficient (Wildman–Crippen LogP) is 1.44. The fraction of sp³-hybridized carbons (Fsp3) is 0.462. The first-order valence-electron chi connectivity index (χ1n) is 5.72. The number of aliphatic carboxylic acids is 1. The summed E-state index contributed by atoms with van der Waals surface area (Å²) >= 11 is 0. The minimum absolute atomic E-state index is 0.121. The Hall–Kier alpha value is -1.75. The van der Waals surface area contributed by atoms with Gasteiger partial charge in [-0.15, -0.1) is 0 Å². The number of nitrogens with two attached hydrogens (primary N) is 1. The molecule has 0 saturated carbocycles. The van der Waals surface area contributed by atoms with Gasteiger partial charge in [-0.1, -0.05) is 13.0 Å². The van der Waals surface area contributed by atoms with E-state index in [1.807, 2.05) is 19.1 Å². The van der Waals surface area contributed by atoms with Crippen molar-refractivity contribution < 1.29 is 19.4 Å². The fourth-order valence-corrected chi connectivity index (χ4v) is 1.34. The van der Waals surface area contributed by atoms with Crippen LogP contribution in [0.2, 0.25) is 0 Å². The lowest BCUT2D eigenvalue weighted by atomic mass is 10.1. The Balaban J connectivity index is 2.82. The summed E-state index contributed by atoms with van der Waals surface area (Å²) in [6.07, 6.45) is 0.889. The SMILES string of the molecule is CCc1ccc(OCC(C)(N)C(=O)O)c(OC)c1.